The van der Waals surface area contributed by atoms with Crippen LogP contribution in [0.2, 0.25) is 0 Å². The maximum absolute atomic E-state index is 11.3. The van der Waals surface area contributed by atoms with Crippen LogP contribution in [0.5, 0.6) is 0 Å². The Morgan fingerprint density at radius 3 is 2.78 bits per heavy atom. The molecular weight excluding hydrogens is 226 g/mol. The average Bonchev–Trinajstić information content (AvgIpc) is 2.34. The van der Waals surface area contributed by atoms with Crippen LogP contribution in [-0.2, 0) is 4.79 Å². The summed E-state index contributed by atoms with van der Waals surface area (Å²) in [4.78, 5) is 13.6. The Labute approximate surface area is 109 Å². The molecule has 0 aliphatic carbocycles. The van der Waals surface area contributed by atoms with Crippen molar-refractivity contribution in [3.05, 3.63) is 29.8 Å². The molecule has 1 unspecified atom stereocenters. The van der Waals surface area contributed by atoms with Gasteiger partial charge in [0, 0.05) is 25.3 Å². The maximum atomic E-state index is 11.3. The Morgan fingerprint density at radius 1 is 1.50 bits per heavy atom. The van der Waals surface area contributed by atoms with E-state index < -0.39 is 6.04 Å². The number of aryl methyl sites for hydroxylation is 1. The zero-order valence-electron chi connectivity index (χ0n) is 11.4. The van der Waals surface area contributed by atoms with Crippen molar-refractivity contribution in [1.29, 1.82) is 0 Å². The third-order valence-electron chi connectivity index (χ3n) is 2.84. The maximum Gasteiger partial charge on any atom is 0.236 e. The molecule has 4 nitrogen and oxygen atoms in total. The van der Waals surface area contributed by atoms with E-state index >= 15 is 0 Å². The van der Waals surface area contributed by atoms with Gasteiger partial charge in [-0.05, 0) is 38.5 Å². The number of nitrogens with zero attached hydrogens (tertiary/aromatic N) is 1. The van der Waals surface area contributed by atoms with Crippen LogP contribution >= 0.6 is 0 Å². The highest BCUT2D eigenvalue weighted by Gasteiger charge is 2.08. The van der Waals surface area contributed by atoms with Gasteiger partial charge in [-0.25, -0.2) is 0 Å². The number of amides is 1. The molecule has 0 aromatic heterocycles. The molecule has 1 aromatic carbocycles. The van der Waals surface area contributed by atoms with Crippen LogP contribution < -0.4 is 16.0 Å². The third kappa shape index (κ3) is 4.37. The predicted octanol–water partition coefficient (Wildman–Crippen LogP) is 1.28. The number of hydrogen-bond donors (Lipinski definition) is 2. The number of anilines is 1. The minimum absolute atomic E-state index is 0.102. The summed E-state index contributed by atoms with van der Waals surface area (Å²) in [7, 11) is 0. The normalized spacial score (nSPS) is 12.0. The van der Waals surface area contributed by atoms with E-state index in [1.54, 1.807) is 6.92 Å². The molecule has 100 valence electrons. The Morgan fingerprint density at radius 2 is 2.22 bits per heavy atom. The van der Waals surface area contributed by atoms with Gasteiger partial charge in [-0.15, -0.1) is 0 Å². The lowest BCUT2D eigenvalue weighted by Gasteiger charge is -2.23. The summed E-state index contributed by atoms with van der Waals surface area (Å²) in [6, 6.07) is 7.92. The molecule has 0 fully saturated rings. The van der Waals surface area contributed by atoms with E-state index in [0.717, 1.165) is 13.1 Å². The highest BCUT2D eigenvalue weighted by atomic mass is 16.2. The standard InChI is InChI=1S/C14H23N3O/c1-4-17(9-8-16-14(18)12(3)15)13-7-5-6-11(2)10-13/h5-7,10,12H,4,8-9,15H2,1-3H3,(H,16,18). The first kappa shape index (κ1) is 14.5. The molecule has 0 bridgehead atoms. The van der Waals surface area contributed by atoms with Crippen molar-refractivity contribution in [2.75, 3.05) is 24.5 Å². The molecule has 4 heteroatoms. The fourth-order valence-electron chi connectivity index (χ4n) is 1.77. The number of carbonyl (C=O) groups excluding carboxylic acids is 1. The number of nitrogens with one attached hydrogen (secondary N) is 1. The number of hydrogen-bond acceptors (Lipinski definition) is 3. The van der Waals surface area contributed by atoms with E-state index in [-0.39, 0.29) is 5.91 Å². The van der Waals surface area contributed by atoms with Crippen molar-refractivity contribution in [2.45, 2.75) is 26.8 Å². The largest absolute Gasteiger partial charge is 0.370 e. The number of nitrogens with two attached hydrogens (primary N) is 1. The first-order valence-corrected chi connectivity index (χ1v) is 6.39. The molecule has 1 rings (SSSR count). The van der Waals surface area contributed by atoms with E-state index in [4.69, 9.17) is 5.73 Å². The molecule has 3 N–H and O–H groups in total. The predicted molar refractivity (Wildman–Crippen MR) is 75.7 cm³/mol. The monoisotopic (exact) mass is 249 g/mol. The first-order chi connectivity index (χ1) is 8.54. The van der Waals surface area contributed by atoms with Gasteiger partial charge in [0.05, 0.1) is 6.04 Å². The second-order valence-corrected chi connectivity index (χ2v) is 4.50. The summed E-state index contributed by atoms with van der Waals surface area (Å²) in [5.41, 5.74) is 7.92. The minimum atomic E-state index is -0.445. The summed E-state index contributed by atoms with van der Waals surface area (Å²) in [5, 5.41) is 2.83. The highest BCUT2D eigenvalue weighted by Crippen LogP contribution is 2.14. The Balaban J connectivity index is 2.50. The van der Waals surface area contributed by atoms with E-state index in [1.807, 2.05) is 6.07 Å². The second-order valence-electron chi connectivity index (χ2n) is 4.50. The molecule has 0 spiro atoms. The van der Waals surface area contributed by atoms with Crippen molar-refractivity contribution >= 4 is 11.6 Å². The van der Waals surface area contributed by atoms with Crippen LogP contribution in [0.1, 0.15) is 19.4 Å². The van der Waals surface area contributed by atoms with Gasteiger partial charge in [0.15, 0.2) is 0 Å². The topological polar surface area (TPSA) is 58.4 Å². The van der Waals surface area contributed by atoms with Gasteiger partial charge < -0.3 is 16.0 Å². The second kappa shape index (κ2) is 7.01. The van der Waals surface area contributed by atoms with E-state index in [2.05, 4.69) is 42.3 Å². The van der Waals surface area contributed by atoms with Crippen LogP contribution in [0.4, 0.5) is 5.69 Å². The molecule has 0 aliphatic rings. The average molecular weight is 249 g/mol. The third-order valence-corrected chi connectivity index (χ3v) is 2.84. The minimum Gasteiger partial charge on any atom is -0.370 e. The van der Waals surface area contributed by atoms with Crippen molar-refractivity contribution in [2.24, 2.45) is 5.73 Å². The summed E-state index contributed by atoms with van der Waals surface area (Å²) in [6.45, 7) is 8.19. The molecule has 0 radical (unpaired) electrons. The molecule has 0 saturated heterocycles. The molecule has 1 amide bonds. The molecule has 1 aromatic rings. The van der Waals surface area contributed by atoms with E-state index in [9.17, 15) is 4.79 Å². The quantitative estimate of drug-likeness (QED) is 0.798. The highest BCUT2D eigenvalue weighted by molar-refractivity contribution is 5.80. The number of carbonyl (C=O) groups is 1. The lowest BCUT2D eigenvalue weighted by molar-refractivity contribution is -0.121. The Kier molecular flexibility index (Phi) is 5.65. The van der Waals surface area contributed by atoms with Crippen LogP contribution in [0.3, 0.4) is 0 Å². The number of rotatable bonds is 6. The lowest BCUT2D eigenvalue weighted by Crippen LogP contribution is -2.42. The van der Waals surface area contributed by atoms with Gasteiger partial charge in [0.1, 0.15) is 0 Å². The fourth-order valence-corrected chi connectivity index (χ4v) is 1.77. The van der Waals surface area contributed by atoms with Gasteiger partial charge >= 0.3 is 0 Å². The summed E-state index contributed by atoms with van der Waals surface area (Å²) < 4.78 is 0. The number of likely N-dealkylation sites (N-methyl/N-ethyl adjacent to an activating group) is 1. The smallest absolute Gasteiger partial charge is 0.236 e. The van der Waals surface area contributed by atoms with Gasteiger partial charge in [-0.2, -0.15) is 0 Å². The fraction of sp³-hybridized carbons (Fsp3) is 0.500. The van der Waals surface area contributed by atoms with Crippen LogP contribution in [0, 0.1) is 6.92 Å². The van der Waals surface area contributed by atoms with Crippen molar-refractivity contribution < 1.29 is 4.79 Å². The number of benzene rings is 1. The van der Waals surface area contributed by atoms with Gasteiger partial charge in [-0.1, -0.05) is 12.1 Å². The van der Waals surface area contributed by atoms with Gasteiger partial charge in [0.2, 0.25) is 5.91 Å². The summed E-state index contributed by atoms with van der Waals surface area (Å²) in [6.07, 6.45) is 0. The van der Waals surface area contributed by atoms with Crippen molar-refractivity contribution in [3.8, 4) is 0 Å². The molecule has 1 atom stereocenters. The molecule has 0 aliphatic heterocycles. The Bertz CT molecular complexity index is 390. The van der Waals surface area contributed by atoms with Crippen molar-refractivity contribution in [1.82, 2.24) is 5.32 Å². The first-order valence-electron chi connectivity index (χ1n) is 6.39. The zero-order valence-corrected chi connectivity index (χ0v) is 11.4. The summed E-state index contributed by atoms with van der Waals surface area (Å²) in [5.74, 6) is -0.102. The van der Waals surface area contributed by atoms with Gasteiger partial charge in [0.25, 0.3) is 0 Å². The van der Waals surface area contributed by atoms with Crippen LogP contribution in [0.15, 0.2) is 24.3 Å². The van der Waals surface area contributed by atoms with Crippen LogP contribution in [0.25, 0.3) is 0 Å². The van der Waals surface area contributed by atoms with Crippen LogP contribution in [-0.4, -0.2) is 31.6 Å². The zero-order chi connectivity index (χ0) is 13.5. The molecule has 18 heavy (non-hydrogen) atoms. The Hall–Kier alpha value is -1.55. The molecule has 0 heterocycles. The van der Waals surface area contributed by atoms with Crippen molar-refractivity contribution in [3.63, 3.8) is 0 Å². The SMILES string of the molecule is CCN(CCNC(=O)C(C)N)c1cccc(C)c1. The molecule has 0 saturated carbocycles. The van der Waals surface area contributed by atoms with Gasteiger partial charge in [-0.3, -0.25) is 4.79 Å². The summed E-state index contributed by atoms with van der Waals surface area (Å²) >= 11 is 0. The van der Waals surface area contributed by atoms with E-state index in [0.29, 0.717) is 6.54 Å². The lowest BCUT2D eigenvalue weighted by atomic mass is 10.2. The molecular formula is C14H23N3O. The van der Waals surface area contributed by atoms with E-state index in [1.165, 1.54) is 11.3 Å².